The molecule has 0 atom stereocenters. The quantitative estimate of drug-likeness (QED) is 0.892. The third-order valence-electron chi connectivity index (χ3n) is 2.73. The molecule has 0 bridgehead atoms. The van der Waals surface area contributed by atoms with Gasteiger partial charge in [0.25, 0.3) is 0 Å². The molecule has 1 aromatic carbocycles. The van der Waals surface area contributed by atoms with E-state index < -0.39 is 10.0 Å². The summed E-state index contributed by atoms with van der Waals surface area (Å²) in [6.07, 6.45) is 0. The first-order valence-electron chi connectivity index (χ1n) is 5.75. The van der Waals surface area contributed by atoms with Gasteiger partial charge >= 0.3 is 0 Å². The molecule has 0 fully saturated rings. The Hall–Kier alpha value is -1.92. The predicted molar refractivity (Wildman–Crippen MR) is 75.5 cm³/mol. The number of nitrogens with zero attached hydrogens (tertiary/aromatic N) is 1. The van der Waals surface area contributed by atoms with Crippen molar-refractivity contribution in [3.8, 4) is 11.3 Å². The molecule has 2 rings (SSSR count). The Morgan fingerprint density at radius 1 is 1.00 bits per heavy atom. The molecule has 19 heavy (non-hydrogen) atoms. The largest absolute Gasteiger partial charge is 0.373 e. The van der Waals surface area contributed by atoms with Crippen molar-refractivity contribution in [3.63, 3.8) is 0 Å². The average molecular weight is 277 g/mol. The molecule has 100 valence electrons. The summed E-state index contributed by atoms with van der Waals surface area (Å²) in [5.74, 6) is 0.768. The maximum absolute atomic E-state index is 11.6. The fourth-order valence-corrected chi connectivity index (χ4v) is 2.39. The predicted octanol–water partition coefficient (Wildman–Crippen LogP) is 1.70. The SMILES string of the molecule is CNc1cccc(-c2ccc(S(=O)(=O)NC)cc2)n1. The molecule has 0 aliphatic heterocycles. The van der Waals surface area contributed by atoms with Gasteiger partial charge in [-0.15, -0.1) is 0 Å². The van der Waals surface area contributed by atoms with Crippen LogP contribution in [-0.2, 0) is 10.0 Å². The zero-order valence-electron chi connectivity index (χ0n) is 10.7. The average Bonchev–Trinajstić information content (AvgIpc) is 2.47. The Morgan fingerprint density at radius 3 is 2.26 bits per heavy atom. The summed E-state index contributed by atoms with van der Waals surface area (Å²) in [5, 5.41) is 2.96. The zero-order chi connectivity index (χ0) is 13.9. The molecule has 0 unspecified atom stereocenters. The molecule has 0 aliphatic rings. The Morgan fingerprint density at radius 2 is 1.68 bits per heavy atom. The summed E-state index contributed by atoms with van der Waals surface area (Å²) in [4.78, 5) is 4.64. The van der Waals surface area contributed by atoms with Crippen LogP contribution in [0.1, 0.15) is 0 Å². The summed E-state index contributed by atoms with van der Waals surface area (Å²) < 4.78 is 25.5. The van der Waals surface area contributed by atoms with Gasteiger partial charge < -0.3 is 5.32 Å². The van der Waals surface area contributed by atoms with E-state index in [2.05, 4.69) is 15.0 Å². The molecule has 5 nitrogen and oxygen atoms in total. The smallest absolute Gasteiger partial charge is 0.240 e. The van der Waals surface area contributed by atoms with Gasteiger partial charge in [0.1, 0.15) is 5.82 Å². The number of hydrogen-bond acceptors (Lipinski definition) is 4. The van der Waals surface area contributed by atoms with Crippen molar-refractivity contribution in [2.75, 3.05) is 19.4 Å². The number of hydrogen-bond donors (Lipinski definition) is 2. The zero-order valence-corrected chi connectivity index (χ0v) is 11.5. The third kappa shape index (κ3) is 2.91. The topological polar surface area (TPSA) is 71.1 Å². The van der Waals surface area contributed by atoms with Gasteiger partial charge in [-0.2, -0.15) is 0 Å². The highest BCUT2D eigenvalue weighted by Crippen LogP contribution is 2.20. The molecule has 0 saturated heterocycles. The number of sulfonamides is 1. The molecule has 0 spiro atoms. The number of rotatable bonds is 4. The van der Waals surface area contributed by atoms with Crippen molar-refractivity contribution in [1.29, 1.82) is 0 Å². The van der Waals surface area contributed by atoms with Gasteiger partial charge in [-0.1, -0.05) is 18.2 Å². The van der Waals surface area contributed by atoms with Crippen LogP contribution in [0.25, 0.3) is 11.3 Å². The second kappa shape index (κ2) is 5.38. The van der Waals surface area contributed by atoms with Crippen molar-refractivity contribution in [2.45, 2.75) is 4.90 Å². The van der Waals surface area contributed by atoms with Crippen molar-refractivity contribution in [2.24, 2.45) is 0 Å². The molecule has 1 aromatic heterocycles. The molecular formula is C13H15N3O2S. The summed E-state index contributed by atoms with van der Waals surface area (Å²) in [5.41, 5.74) is 1.66. The second-order valence-corrected chi connectivity index (χ2v) is 5.78. The monoisotopic (exact) mass is 277 g/mol. The van der Waals surface area contributed by atoms with Crippen LogP contribution >= 0.6 is 0 Å². The second-order valence-electron chi connectivity index (χ2n) is 3.89. The Balaban J connectivity index is 2.37. The van der Waals surface area contributed by atoms with Crippen LogP contribution in [-0.4, -0.2) is 27.5 Å². The van der Waals surface area contributed by atoms with E-state index in [4.69, 9.17) is 0 Å². The third-order valence-corrected chi connectivity index (χ3v) is 4.16. The lowest BCUT2D eigenvalue weighted by atomic mass is 10.1. The fraction of sp³-hybridized carbons (Fsp3) is 0.154. The van der Waals surface area contributed by atoms with Crippen LogP contribution in [0.5, 0.6) is 0 Å². The molecule has 2 N–H and O–H groups in total. The summed E-state index contributed by atoms with van der Waals surface area (Å²) in [6.45, 7) is 0. The minimum atomic E-state index is -3.39. The summed E-state index contributed by atoms with van der Waals surface area (Å²) in [7, 11) is -0.202. The van der Waals surface area contributed by atoms with Crippen molar-refractivity contribution in [1.82, 2.24) is 9.71 Å². The standard InChI is InChI=1S/C13H15N3O2S/c1-14-13-5-3-4-12(16-13)10-6-8-11(9-7-10)19(17,18)15-2/h3-9,15H,1-2H3,(H,14,16). The molecule has 0 radical (unpaired) electrons. The molecule has 1 heterocycles. The first-order chi connectivity index (χ1) is 9.06. The Labute approximate surface area is 112 Å². The van der Waals surface area contributed by atoms with E-state index in [1.807, 2.05) is 18.2 Å². The van der Waals surface area contributed by atoms with E-state index in [1.165, 1.54) is 7.05 Å². The molecule has 0 aliphatic carbocycles. The fourth-order valence-electron chi connectivity index (χ4n) is 1.66. The maximum atomic E-state index is 11.6. The van der Waals surface area contributed by atoms with Crippen LogP contribution in [0.15, 0.2) is 47.4 Å². The van der Waals surface area contributed by atoms with Crippen molar-refractivity contribution in [3.05, 3.63) is 42.5 Å². The van der Waals surface area contributed by atoms with Crippen LogP contribution in [0, 0.1) is 0 Å². The van der Waals surface area contributed by atoms with Crippen LogP contribution in [0.2, 0.25) is 0 Å². The highest BCUT2D eigenvalue weighted by molar-refractivity contribution is 7.89. The number of nitrogens with one attached hydrogen (secondary N) is 2. The lowest BCUT2D eigenvalue weighted by Gasteiger charge is -2.06. The van der Waals surface area contributed by atoms with Crippen molar-refractivity contribution < 1.29 is 8.42 Å². The van der Waals surface area contributed by atoms with Gasteiger partial charge in [0.05, 0.1) is 10.6 Å². The van der Waals surface area contributed by atoms with E-state index >= 15 is 0 Å². The lowest BCUT2D eigenvalue weighted by Crippen LogP contribution is -2.18. The van der Waals surface area contributed by atoms with Crippen molar-refractivity contribution >= 4 is 15.8 Å². The summed E-state index contributed by atoms with van der Waals surface area (Å²) in [6, 6.07) is 12.2. The van der Waals surface area contributed by atoms with E-state index in [1.54, 1.807) is 31.3 Å². The van der Waals surface area contributed by atoms with Crippen LogP contribution in [0.4, 0.5) is 5.82 Å². The molecule has 0 amide bonds. The van der Waals surface area contributed by atoms with E-state index in [0.29, 0.717) is 0 Å². The normalized spacial score (nSPS) is 11.3. The molecule has 2 aromatic rings. The van der Waals surface area contributed by atoms with Gasteiger partial charge in [0.2, 0.25) is 10.0 Å². The molecule has 6 heteroatoms. The highest BCUT2D eigenvalue weighted by Gasteiger charge is 2.11. The van der Waals surface area contributed by atoms with E-state index in [-0.39, 0.29) is 4.90 Å². The number of benzene rings is 1. The minimum absolute atomic E-state index is 0.239. The van der Waals surface area contributed by atoms with Gasteiger partial charge in [-0.25, -0.2) is 18.1 Å². The first-order valence-corrected chi connectivity index (χ1v) is 7.24. The molecular weight excluding hydrogens is 262 g/mol. The number of aromatic nitrogens is 1. The van der Waals surface area contributed by atoms with Gasteiger partial charge in [-0.05, 0) is 31.3 Å². The highest BCUT2D eigenvalue weighted by atomic mass is 32.2. The number of anilines is 1. The van der Waals surface area contributed by atoms with Crippen LogP contribution < -0.4 is 10.0 Å². The summed E-state index contributed by atoms with van der Waals surface area (Å²) >= 11 is 0. The van der Waals surface area contributed by atoms with Crippen LogP contribution in [0.3, 0.4) is 0 Å². The van der Waals surface area contributed by atoms with E-state index in [9.17, 15) is 8.42 Å². The first kappa shape index (κ1) is 13.5. The molecule has 0 saturated carbocycles. The minimum Gasteiger partial charge on any atom is -0.373 e. The Kier molecular flexibility index (Phi) is 3.82. The lowest BCUT2D eigenvalue weighted by molar-refractivity contribution is 0.588. The van der Waals surface area contributed by atoms with Gasteiger partial charge in [-0.3, -0.25) is 0 Å². The van der Waals surface area contributed by atoms with Gasteiger partial charge in [0, 0.05) is 12.6 Å². The Bertz CT molecular complexity index is 667. The number of pyridine rings is 1. The maximum Gasteiger partial charge on any atom is 0.240 e. The van der Waals surface area contributed by atoms with E-state index in [0.717, 1.165) is 17.1 Å². The van der Waals surface area contributed by atoms with Gasteiger partial charge in [0.15, 0.2) is 0 Å².